The summed E-state index contributed by atoms with van der Waals surface area (Å²) in [6, 6.07) is 18.8. The van der Waals surface area contributed by atoms with Crippen LogP contribution in [0.1, 0.15) is 30.4 Å². The average molecular weight is 415 g/mol. The van der Waals surface area contributed by atoms with Crippen LogP contribution in [-0.2, 0) is 17.6 Å². The van der Waals surface area contributed by atoms with Crippen molar-refractivity contribution in [1.82, 2.24) is 14.9 Å². The molecule has 1 saturated heterocycles. The Labute approximate surface area is 184 Å². The Morgan fingerprint density at radius 3 is 2.55 bits per heavy atom. The van der Waals surface area contributed by atoms with Gasteiger partial charge in [-0.15, -0.1) is 0 Å². The summed E-state index contributed by atoms with van der Waals surface area (Å²) in [5, 5.41) is 0. The summed E-state index contributed by atoms with van der Waals surface area (Å²) in [6.07, 6.45) is 9.77. The third kappa shape index (κ3) is 5.17. The van der Waals surface area contributed by atoms with Crippen LogP contribution >= 0.6 is 0 Å². The number of hydrogen-bond acceptors (Lipinski definition) is 4. The molecule has 5 heteroatoms. The smallest absolute Gasteiger partial charge is 0.225 e. The maximum Gasteiger partial charge on any atom is 0.225 e. The summed E-state index contributed by atoms with van der Waals surface area (Å²) in [6.45, 7) is 2.73. The van der Waals surface area contributed by atoms with Gasteiger partial charge in [0.1, 0.15) is 6.33 Å². The van der Waals surface area contributed by atoms with Gasteiger partial charge in [-0.05, 0) is 61.9 Å². The lowest BCUT2D eigenvalue weighted by Crippen LogP contribution is -2.52. The van der Waals surface area contributed by atoms with E-state index in [1.54, 1.807) is 0 Å². The van der Waals surface area contributed by atoms with Crippen LogP contribution in [0.2, 0.25) is 0 Å². The number of piperidine rings is 1. The quantitative estimate of drug-likeness (QED) is 0.607. The molecule has 2 heterocycles. The lowest BCUT2D eigenvalue weighted by Gasteiger charge is -2.41. The van der Waals surface area contributed by atoms with E-state index in [2.05, 4.69) is 57.3 Å². The van der Waals surface area contributed by atoms with E-state index in [1.165, 1.54) is 11.9 Å². The molecule has 0 radical (unpaired) electrons. The first kappa shape index (κ1) is 21.2. The number of carbonyl (C=O) groups is 1. The zero-order valence-electron chi connectivity index (χ0n) is 17.9. The highest BCUT2D eigenvalue weighted by atomic mass is 16.1. The van der Waals surface area contributed by atoms with Crippen LogP contribution in [-0.4, -0.2) is 40.4 Å². The summed E-state index contributed by atoms with van der Waals surface area (Å²) in [5.74, 6) is -0.195. The molecule has 1 unspecified atom stereocenters. The van der Waals surface area contributed by atoms with Gasteiger partial charge in [0, 0.05) is 24.5 Å². The highest BCUT2D eigenvalue weighted by Gasteiger charge is 2.41. The number of benzene rings is 2. The molecule has 0 spiro atoms. The Bertz CT molecular complexity index is 993. The Kier molecular flexibility index (Phi) is 6.73. The molecule has 1 aliphatic heterocycles. The number of likely N-dealkylation sites (tertiary alicyclic amines) is 1. The van der Waals surface area contributed by atoms with Crippen LogP contribution in [0.5, 0.6) is 0 Å². The fraction of sp³-hybridized carbons (Fsp3) is 0.346. The average Bonchev–Trinajstić information content (AvgIpc) is 2.81. The molecule has 2 N–H and O–H groups in total. The Morgan fingerprint density at radius 1 is 1.03 bits per heavy atom. The van der Waals surface area contributed by atoms with Gasteiger partial charge in [0.25, 0.3) is 0 Å². The van der Waals surface area contributed by atoms with E-state index in [4.69, 9.17) is 5.73 Å². The second-order valence-electron chi connectivity index (χ2n) is 8.57. The minimum atomic E-state index is -0.545. The number of nitrogens with two attached hydrogens (primary N) is 1. The van der Waals surface area contributed by atoms with Crippen molar-refractivity contribution in [2.45, 2.75) is 32.1 Å². The van der Waals surface area contributed by atoms with Gasteiger partial charge in [0.2, 0.25) is 5.91 Å². The minimum Gasteiger partial charge on any atom is -0.369 e. The maximum absolute atomic E-state index is 12.7. The topological polar surface area (TPSA) is 72.1 Å². The van der Waals surface area contributed by atoms with E-state index in [9.17, 15) is 4.79 Å². The van der Waals surface area contributed by atoms with E-state index in [1.807, 2.05) is 24.5 Å². The maximum atomic E-state index is 12.7. The van der Waals surface area contributed by atoms with Crippen LogP contribution in [0.3, 0.4) is 0 Å². The van der Waals surface area contributed by atoms with E-state index in [-0.39, 0.29) is 5.91 Å². The number of amides is 1. The second-order valence-corrected chi connectivity index (χ2v) is 8.57. The molecule has 5 nitrogen and oxygen atoms in total. The summed E-state index contributed by atoms with van der Waals surface area (Å²) in [5.41, 5.74) is 10.0. The Hall–Kier alpha value is -3.05. The van der Waals surface area contributed by atoms with Gasteiger partial charge in [-0.3, -0.25) is 4.79 Å². The van der Waals surface area contributed by atoms with E-state index in [0.29, 0.717) is 6.42 Å². The monoisotopic (exact) mass is 414 g/mol. The molecule has 3 aromatic rings. The van der Waals surface area contributed by atoms with Crippen molar-refractivity contribution in [2.24, 2.45) is 11.1 Å². The zero-order valence-corrected chi connectivity index (χ0v) is 17.9. The van der Waals surface area contributed by atoms with Crippen molar-refractivity contribution in [3.63, 3.8) is 0 Å². The van der Waals surface area contributed by atoms with E-state index in [0.717, 1.165) is 62.0 Å². The number of aromatic nitrogens is 2. The van der Waals surface area contributed by atoms with Crippen molar-refractivity contribution in [3.8, 4) is 11.1 Å². The summed E-state index contributed by atoms with van der Waals surface area (Å²) in [4.78, 5) is 23.5. The predicted octanol–water partition coefficient (Wildman–Crippen LogP) is 3.89. The number of aryl methyl sites for hydroxylation is 1. The molecule has 1 fully saturated rings. The summed E-state index contributed by atoms with van der Waals surface area (Å²) >= 11 is 0. The SMILES string of the molecule is NC(=O)C1(Cc2ccccc2-c2cncnc2)CCCN(CCCc2ccccc2)C1. The van der Waals surface area contributed by atoms with Crippen LogP contribution < -0.4 is 5.73 Å². The van der Waals surface area contributed by atoms with Crippen molar-refractivity contribution < 1.29 is 4.79 Å². The van der Waals surface area contributed by atoms with Gasteiger partial charge < -0.3 is 10.6 Å². The van der Waals surface area contributed by atoms with E-state index >= 15 is 0 Å². The molecule has 1 aliphatic rings. The molecule has 2 aromatic carbocycles. The first-order valence-corrected chi connectivity index (χ1v) is 11.1. The summed E-state index contributed by atoms with van der Waals surface area (Å²) < 4.78 is 0. The number of primary amides is 1. The molecule has 1 aromatic heterocycles. The third-order valence-electron chi connectivity index (χ3n) is 6.38. The van der Waals surface area contributed by atoms with Crippen molar-refractivity contribution in [3.05, 3.63) is 84.4 Å². The largest absolute Gasteiger partial charge is 0.369 e. The van der Waals surface area contributed by atoms with Crippen LogP contribution in [0.25, 0.3) is 11.1 Å². The third-order valence-corrected chi connectivity index (χ3v) is 6.38. The molecular formula is C26H30N4O. The lowest BCUT2D eigenvalue weighted by atomic mass is 9.73. The fourth-order valence-electron chi connectivity index (χ4n) is 4.76. The number of nitrogens with zero attached hydrogens (tertiary/aromatic N) is 3. The van der Waals surface area contributed by atoms with E-state index < -0.39 is 5.41 Å². The molecule has 1 amide bonds. The molecule has 160 valence electrons. The standard InChI is InChI=1S/C26H30N4O/c27-25(31)26(16-22-11-4-5-12-24(22)23-17-28-20-29-18-23)13-7-15-30(19-26)14-6-10-21-8-2-1-3-9-21/h1-5,8-9,11-12,17-18,20H,6-7,10,13-16,19H2,(H2,27,31). The number of rotatable bonds is 8. The highest BCUT2D eigenvalue weighted by molar-refractivity contribution is 5.82. The van der Waals surface area contributed by atoms with Crippen molar-refractivity contribution in [1.29, 1.82) is 0 Å². The van der Waals surface area contributed by atoms with Gasteiger partial charge in [0.05, 0.1) is 5.41 Å². The Morgan fingerprint density at radius 2 is 1.77 bits per heavy atom. The minimum absolute atomic E-state index is 0.195. The molecule has 0 bridgehead atoms. The molecule has 31 heavy (non-hydrogen) atoms. The normalized spacial score (nSPS) is 19.2. The van der Waals surface area contributed by atoms with Crippen molar-refractivity contribution in [2.75, 3.05) is 19.6 Å². The first-order chi connectivity index (χ1) is 15.2. The zero-order chi connectivity index (χ0) is 21.5. The lowest BCUT2D eigenvalue weighted by molar-refractivity contribution is -0.131. The van der Waals surface area contributed by atoms with Gasteiger partial charge in [-0.1, -0.05) is 54.6 Å². The molecule has 4 rings (SSSR count). The van der Waals surface area contributed by atoms with Gasteiger partial charge in [-0.2, -0.15) is 0 Å². The highest BCUT2D eigenvalue weighted by Crippen LogP contribution is 2.36. The Balaban J connectivity index is 1.48. The predicted molar refractivity (Wildman–Crippen MR) is 123 cm³/mol. The number of hydrogen-bond donors (Lipinski definition) is 1. The first-order valence-electron chi connectivity index (χ1n) is 11.1. The number of carbonyl (C=O) groups excluding carboxylic acids is 1. The van der Waals surface area contributed by atoms with Gasteiger partial charge in [-0.25, -0.2) is 9.97 Å². The molecule has 1 atom stereocenters. The molecule has 0 saturated carbocycles. The van der Waals surface area contributed by atoms with Crippen LogP contribution in [0, 0.1) is 5.41 Å². The van der Waals surface area contributed by atoms with Gasteiger partial charge >= 0.3 is 0 Å². The second kappa shape index (κ2) is 9.84. The van der Waals surface area contributed by atoms with Gasteiger partial charge in [0.15, 0.2) is 0 Å². The molecular weight excluding hydrogens is 384 g/mol. The van der Waals surface area contributed by atoms with Crippen LogP contribution in [0.4, 0.5) is 0 Å². The fourth-order valence-corrected chi connectivity index (χ4v) is 4.76. The molecule has 0 aliphatic carbocycles. The summed E-state index contributed by atoms with van der Waals surface area (Å²) in [7, 11) is 0. The van der Waals surface area contributed by atoms with Crippen molar-refractivity contribution >= 4 is 5.91 Å². The van der Waals surface area contributed by atoms with Crippen LogP contribution in [0.15, 0.2) is 73.3 Å².